The Morgan fingerprint density at radius 1 is 1.08 bits per heavy atom. The van der Waals surface area contributed by atoms with Gasteiger partial charge in [-0.3, -0.25) is 14.3 Å². The normalized spacial score (nSPS) is 15.8. The summed E-state index contributed by atoms with van der Waals surface area (Å²) in [7, 11) is 1.59. The van der Waals surface area contributed by atoms with Crippen LogP contribution in [0.25, 0.3) is 0 Å². The van der Waals surface area contributed by atoms with E-state index < -0.39 is 0 Å². The molecule has 0 bridgehead atoms. The van der Waals surface area contributed by atoms with Crippen LogP contribution in [-0.2, 0) is 4.79 Å². The molecule has 1 atom stereocenters. The van der Waals surface area contributed by atoms with Gasteiger partial charge >= 0.3 is 0 Å². The number of rotatable bonds is 4. The fourth-order valence-electron chi connectivity index (χ4n) is 2.93. The van der Waals surface area contributed by atoms with E-state index in [0.717, 1.165) is 5.75 Å². The monoisotopic (exact) mass is 342 g/mol. The molecule has 1 saturated heterocycles. The van der Waals surface area contributed by atoms with E-state index in [0.29, 0.717) is 31.7 Å². The van der Waals surface area contributed by atoms with Crippen LogP contribution >= 0.6 is 0 Å². The van der Waals surface area contributed by atoms with Crippen LogP contribution in [0.15, 0.2) is 42.7 Å². The molecule has 1 fully saturated rings. The summed E-state index contributed by atoms with van der Waals surface area (Å²) in [6.07, 6.45) is 3.45. The number of aromatic nitrogens is 2. The van der Waals surface area contributed by atoms with Gasteiger partial charge in [0.15, 0.2) is 0 Å². The second-order valence-electron chi connectivity index (χ2n) is 6.01. The van der Waals surface area contributed by atoms with Crippen molar-refractivity contribution >= 4 is 11.8 Å². The minimum atomic E-state index is -0.334. The lowest BCUT2D eigenvalue weighted by Crippen LogP contribution is -2.51. The summed E-state index contributed by atoms with van der Waals surface area (Å²) in [6.45, 7) is 3.97. The van der Waals surface area contributed by atoms with Gasteiger partial charge in [-0.1, -0.05) is 0 Å². The average molecular weight is 342 g/mol. The van der Waals surface area contributed by atoms with Crippen LogP contribution in [-0.4, -0.2) is 64.7 Å². The third kappa shape index (κ3) is 3.65. The number of methoxy groups -OCH3 is 1. The lowest BCUT2D eigenvalue weighted by Gasteiger charge is -2.36. The van der Waals surface area contributed by atoms with Crippen LogP contribution in [0, 0.1) is 0 Å². The first-order valence-electron chi connectivity index (χ1n) is 8.31. The molecule has 0 N–H and O–H groups in total. The number of ether oxygens (including phenoxy) is 1. The highest BCUT2D eigenvalue weighted by Crippen LogP contribution is 2.16. The van der Waals surface area contributed by atoms with Crippen LogP contribution in [0.3, 0.4) is 0 Å². The molecule has 0 unspecified atom stereocenters. The maximum Gasteiger partial charge on any atom is 0.253 e. The van der Waals surface area contributed by atoms with Crippen molar-refractivity contribution in [1.82, 2.24) is 19.6 Å². The number of benzene rings is 1. The van der Waals surface area contributed by atoms with E-state index in [4.69, 9.17) is 4.74 Å². The third-order valence-electron chi connectivity index (χ3n) is 4.49. The first-order valence-corrected chi connectivity index (χ1v) is 8.31. The Kier molecular flexibility index (Phi) is 5.02. The molecule has 132 valence electrons. The maximum atomic E-state index is 12.6. The molecule has 0 aliphatic carbocycles. The summed E-state index contributed by atoms with van der Waals surface area (Å²) < 4.78 is 6.76. The summed E-state index contributed by atoms with van der Waals surface area (Å²) in [6, 6.07) is 8.54. The number of hydrogen-bond acceptors (Lipinski definition) is 4. The molecule has 1 aliphatic rings. The Balaban J connectivity index is 1.57. The molecule has 2 amide bonds. The molecule has 2 aromatic rings. The van der Waals surface area contributed by atoms with E-state index in [9.17, 15) is 9.59 Å². The number of carbonyl (C=O) groups excluding carboxylic acids is 2. The van der Waals surface area contributed by atoms with Gasteiger partial charge in [-0.05, 0) is 37.3 Å². The molecule has 1 aromatic heterocycles. The zero-order valence-electron chi connectivity index (χ0n) is 14.5. The van der Waals surface area contributed by atoms with Gasteiger partial charge < -0.3 is 14.5 Å². The van der Waals surface area contributed by atoms with Crippen LogP contribution < -0.4 is 4.74 Å². The first-order chi connectivity index (χ1) is 12.1. The summed E-state index contributed by atoms with van der Waals surface area (Å²) in [5.41, 5.74) is 0.630. The van der Waals surface area contributed by atoms with Crippen molar-refractivity contribution in [2.45, 2.75) is 13.0 Å². The van der Waals surface area contributed by atoms with Gasteiger partial charge in [-0.2, -0.15) is 5.10 Å². The molecule has 2 heterocycles. The largest absolute Gasteiger partial charge is 0.497 e. The molecular formula is C18H22N4O3. The van der Waals surface area contributed by atoms with Crippen molar-refractivity contribution in [1.29, 1.82) is 0 Å². The predicted octanol–water partition coefficient (Wildman–Crippen LogP) is 1.44. The second-order valence-corrected chi connectivity index (χ2v) is 6.01. The van der Waals surface area contributed by atoms with Gasteiger partial charge in [-0.15, -0.1) is 0 Å². The van der Waals surface area contributed by atoms with Crippen molar-refractivity contribution in [3.05, 3.63) is 48.3 Å². The molecule has 25 heavy (non-hydrogen) atoms. The lowest BCUT2D eigenvalue weighted by molar-refractivity contribution is -0.136. The molecular weight excluding hydrogens is 320 g/mol. The highest BCUT2D eigenvalue weighted by Gasteiger charge is 2.28. The van der Waals surface area contributed by atoms with E-state index >= 15 is 0 Å². The van der Waals surface area contributed by atoms with E-state index in [-0.39, 0.29) is 17.9 Å². The Morgan fingerprint density at radius 3 is 2.28 bits per heavy atom. The minimum Gasteiger partial charge on any atom is -0.497 e. The van der Waals surface area contributed by atoms with Gasteiger partial charge in [0.05, 0.1) is 7.11 Å². The fraction of sp³-hybridized carbons (Fsp3) is 0.389. The molecule has 0 spiro atoms. The quantitative estimate of drug-likeness (QED) is 0.843. The average Bonchev–Trinajstić information content (AvgIpc) is 3.21. The maximum absolute atomic E-state index is 12.6. The van der Waals surface area contributed by atoms with Crippen molar-refractivity contribution in [2.24, 2.45) is 0 Å². The Morgan fingerprint density at radius 2 is 1.72 bits per heavy atom. The van der Waals surface area contributed by atoms with E-state index in [2.05, 4.69) is 5.10 Å². The number of carbonyl (C=O) groups is 2. The highest BCUT2D eigenvalue weighted by atomic mass is 16.5. The van der Waals surface area contributed by atoms with Crippen LogP contribution in [0.1, 0.15) is 23.3 Å². The molecule has 1 aromatic carbocycles. The summed E-state index contributed by atoms with van der Waals surface area (Å²) >= 11 is 0. The van der Waals surface area contributed by atoms with Crippen LogP contribution in [0.5, 0.6) is 5.75 Å². The van der Waals surface area contributed by atoms with Gasteiger partial charge in [0.25, 0.3) is 5.91 Å². The zero-order valence-corrected chi connectivity index (χ0v) is 14.5. The standard InChI is InChI=1S/C18H22N4O3/c1-14(22-9-3-8-19-22)17(23)20-10-12-21(13-11-20)18(24)15-4-6-16(25-2)7-5-15/h3-9,14H,10-13H2,1-2H3/t14-/m0/s1. The molecule has 7 nitrogen and oxygen atoms in total. The number of nitrogens with zero attached hydrogens (tertiary/aromatic N) is 4. The van der Waals surface area contributed by atoms with E-state index in [1.54, 1.807) is 64.3 Å². The number of hydrogen-bond donors (Lipinski definition) is 0. The first kappa shape index (κ1) is 17.0. The molecule has 3 rings (SSSR count). The van der Waals surface area contributed by atoms with Gasteiger partial charge in [0, 0.05) is 44.1 Å². The van der Waals surface area contributed by atoms with Crippen molar-refractivity contribution in [3.63, 3.8) is 0 Å². The molecule has 7 heteroatoms. The van der Waals surface area contributed by atoms with Crippen LogP contribution in [0.2, 0.25) is 0 Å². The summed E-state index contributed by atoms with van der Waals surface area (Å²) in [5.74, 6) is 0.731. The number of piperazine rings is 1. The van der Waals surface area contributed by atoms with Crippen molar-refractivity contribution < 1.29 is 14.3 Å². The van der Waals surface area contributed by atoms with Crippen LogP contribution in [0.4, 0.5) is 0 Å². The molecule has 0 saturated carbocycles. The second kappa shape index (κ2) is 7.38. The number of amides is 2. The smallest absolute Gasteiger partial charge is 0.253 e. The summed E-state index contributed by atoms with van der Waals surface area (Å²) in [4.78, 5) is 28.7. The molecule has 0 radical (unpaired) electrons. The topological polar surface area (TPSA) is 67.7 Å². The fourth-order valence-corrected chi connectivity index (χ4v) is 2.93. The SMILES string of the molecule is COc1ccc(C(=O)N2CCN(C(=O)[C@H](C)n3cccn3)CC2)cc1. The van der Waals surface area contributed by atoms with E-state index in [1.165, 1.54) is 0 Å². The van der Waals surface area contributed by atoms with Gasteiger partial charge in [0.1, 0.15) is 11.8 Å². The third-order valence-corrected chi connectivity index (χ3v) is 4.49. The highest BCUT2D eigenvalue weighted by molar-refractivity contribution is 5.94. The van der Waals surface area contributed by atoms with Crippen molar-refractivity contribution in [3.8, 4) is 5.75 Å². The predicted molar refractivity (Wildman–Crippen MR) is 92.4 cm³/mol. The van der Waals surface area contributed by atoms with E-state index in [1.807, 2.05) is 6.92 Å². The Labute approximate surface area is 146 Å². The lowest BCUT2D eigenvalue weighted by atomic mass is 10.1. The Bertz CT molecular complexity index is 719. The summed E-state index contributed by atoms with van der Waals surface area (Å²) in [5, 5.41) is 4.12. The minimum absolute atomic E-state index is 0.0186. The Hall–Kier alpha value is -2.83. The van der Waals surface area contributed by atoms with Gasteiger partial charge in [0.2, 0.25) is 5.91 Å². The molecule has 1 aliphatic heterocycles. The zero-order chi connectivity index (χ0) is 17.8. The van der Waals surface area contributed by atoms with Crippen molar-refractivity contribution in [2.75, 3.05) is 33.3 Å². The van der Waals surface area contributed by atoms with Gasteiger partial charge in [-0.25, -0.2) is 0 Å².